The largest absolute Gasteiger partial charge is 0.342 e. The first-order valence-electron chi connectivity index (χ1n) is 5.41. The summed E-state index contributed by atoms with van der Waals surface area (Å²) < 4.78 is 0. The van der Waals surface area contributed by atoms with E-state index in [0.717, 1.165) is 25.9 Å². The Kier molecular flexibility index (Phi) is 4.35. The van der Waals surface area contributed by atoms with E-state index in [-0.39, 0.29) is 5.91 Å². The molecule has 15 heavy (non-hydrogen) atoms. The van der Waals surface area contributed by atoms with Crippen LogP contribution < -0.4 is 0 Å². The van der Waals surface area contributed by atoms with Gasteiger partial charge < -0.3 is 4.90 Å². The van der Waals surface area contributed by atoms with E-state index in [1.165, 1.54) is 11.1 Å². The number of rotatable bonds is 2. The molecule has 1 heterocycles. The number of nitrogens with zero attached hydrogens (tertiary/aromatic N) is 1. The Bertz CT molecular complexity index is 312. The SMILES string of the molecule is C=CC1=C(/C=C\C)CCN(C(C)=O)CC1. The monoisotopic (exact) mass is 205 g/mol. The molecule has 0 bridgehead atoms. The highest BCUT2D eigenvalue weighted by Gasteiger charge is 2.14. The van der Waals surface area contributed by atoms with Crippen molar-refractivity contribution in [1.82, 2.24) is 4.90 Å². The molecule has 0 saturated heterocycles. The fourth-order valence-electron chi connectivity index (χ4n) is 1.88. The van der Waals surface area contributed by atoms with Gasteiger partial charge in [0, 0.05) is 20.0 Å². The standard InChI is InChI=1S/C13H19NO/c1-4-6-13-8-10-14(11(3)15)9-7-12(13)5-2/h4-6H,2,7-10H2,1,3H3/b6-4-. The number of amides is 1. The highest BCUT2D eigenvalue weighted by atomic mass is 16.2. The second-order valence-electron chi connectivity index (χ2n) is 3.76. The van der Waals surface area contributed by atoms with Gasteiger partial charge in [-0.1, -0.05) is 24.8 Å². The summed E-state index contributed by atoms with van der Waals surface area (Å²) in [4.78, 5) is 13.2. The first-order valence-corrected chi connectivity index (χ1v) is 5.41. The molecule has 0 aliphatic carbocycles. The van der Waals surface area contributed by atoms with E-state index in [4.69, 9.17) is 0 Å². The summed E-state index contributed by atoms with van der Waals surface area (Å²) in [5.74, 6) is 0.167. The van der Waals surface area contributed by atoms with Crippen LogP contribution in [0.5, 0.6) is 0 Å². The molecule has 2 heteroatoms. The minimum Gasteiger partial charge on any atom is -0.342 e. The molecule has 2 nitrogen and oxygen atoms in total. The molecule has 0 aromatic rings. The molecule has 0 saturated carbocycles. The Morgan fingerprint density at radius 3 is 2.40 bits per heavy atom. The van der Waals surface area contributed by atoms with E-state index in [1.807, 2.05) is 24.0 Å². The molecule has 0 fully saturated rings. The van der Waals surface area contributed by atoms with Crippen molar-refractivity contribution in [1.29, 1.82) is 0 Å². The lowest BCUT2D eigenvalue weighted by molar-refractivity contribution is -0.128. The smallest absolute Gasteiger partial charge is 0.219 e. The quantitative estimate of drug-likeness (QED) is 0.678. The fourth-order valence-corrected chi connectivity index (χ4v) is 1.88. The third-order valence-electron chi connectivity index (χ3n) is 2.77. The minimum absolute atomic E-state index is 0.167. The molecule has 0 unspecified atom stereocenters. The molecular weight excluding hydrogens is 186 g/mol. The molecule has 1 amide bonds. The van der Waals surface area contributed by atoms with Gasteiger partial charge in [-0.3, -0.25) is 4.79 Å². The van der Waals surface area contributed by atoms with E-state index in [9.17, 15) is 4.79 Å². The Morgan fingerprint density at radius 1 is 1.33 bits per heavy atom. The summed E-state index contributed by atoms with van der Waals surface area (Å²) >= 11 is 0. The molecule has 1 rings (SSSR count). The molecule has 0 aromatic heterocycles. The second kappa shape index (κ2) is 5.54. The molecule has 0 spiro atoms. The van der Waals surface area contributed by atoms with Crippen molar-refractivity contribution >= 4 is 5.91 Å². The van der Waals surface area contributed by atoms with Crippen molar-refractivity contribution in [2.75, 3.05) is 13.1 Å². The summed E-state index contributed by atoms with van der Waals surface area (Å²) in [5.41, 5.74) is 2.59. The van der Waals surface area contributed by atoms with Gasteiger partial charge in [-0.15, -0.1) is 0 Å². The van der Waals surface area contributed by atoms with Crippen molar-refractivity contribution in [2.24, 2.45) is 0 Å². The zero-order chi connectivity index (χ0) is 11.3. The van der Waals surface area contributed by atoms with Gasteiger partial charge in [0.25, 0.3) is 0 Å². The first-order chi connectivity index (χ1) is 7.19. The van der Waals surface area contributed by atoms with E-state index in [2.05, 4.69) is 12.7 Å². The van der Waals surface area contributed by atoms with Gasteiger partial charge in [0.1, 0.15) is 0 Å². The highest BCUT2D eigenvalue weighted by molar-refractivity contribution is 5.73. The molecule has 0 N–H and O–H groups in total. The molecular formula is C13H19NO. The number of hydrogen-bond donors (Lipinski definition) is 0. The minimum atomic E-state index is 0.167. The zero-order valence-corrected chi connectivity index (χ0v) is 9.62. The highest BCUT2D eigenvalue weighted by Crippen LogP contribution is 2.20. The summed E-state index contributed by atoms with van der Waals surface area (Å²) in [7, 11) is 0. The van der Waals surface area contributed by atoms with Crippen LogP contribution in [0.3, 0.4) is 0 Å². The van der Waals surface area contributed by atoms with Gasteiger partial charge in [-0.2, -0.15) is 0 Å². The third kappa shape index (κ3) is 3.08. The number of carbonyl (C=O) groups excluding carboxylic acids is 1. The predicted octanol–water partition coefficient (Wildman–Crippen LogP) is 2.69. The van der Waals surface area contributed by atoms with Crippen LogP contribution in [0.25, 0.3) is 0 Å². The van der Waals surface area contributed by atoms with E-state index < -0.39 is 0 Å². The van der Waals surface area contributed by atoms with E-state index >= 15 is 0 Å². The van der Waals surface area contributed by atoms with Crippen LogP contribution in [0.1, 0.15) is 26.7 Å². The van der Waals surface area contributed by atoms with Crippen molar-refractivity contribution in [3.63, 3.8) is 0 Å². The van der Waals surface area contributed by atoms with Crippen LogP contribution in [-0.4, -0.2) is 23.9 Å². The Hall–Kier alpha value is -1.31. The van der Waals surface area contributed by atoms with Crippen LogP contribution in [0, 0.1) is 0 Å². The van der Waals surface area contributed by atoms with Crippen molar-refractivity contribution < 1.29 is 4.79 Å². The summed E-state index contributed by atoms with van der Waals surface area (Å²) in [6.45, 7) is 9.12. The Balaban J connectivity index is 2.80. The number of carbonyl (C=O) groups is 1. The summed E-state index contributed by atoms with van der Waals surface area (Å²) in [6, 6.07) is 0. The third-order valence-corrected chi connectivity index (χ3v) is 2.77. The molecule has 82 valence electrons. The van der Waals surface area contributed by atoms with Crippen LogP contribution in [-0.2, 0) is 4.79 Å². The van der Waals surface area contributed by atoms with Crippen molar-refractivity contribution in [3.05, 3.63) is 36.0 Å². The first kappa shape index (κ1) is 11.8. The second-order valence-corrected chi connectivity index (χ2v) is 3.76. The van der Waals surface area contributed by atoms with Crippen LogP contribution >= 0.6 is 0 Å². The average molecular weight is 205 g/mol. The fraction of sp³-hybridized carbons (Fsp3) is 0.462. The zero-order valence-electron chi connectivity index (χ0n) is 9.62. The van der Waals surface area contributed by atoms with Crippen molar-refractivity contribution in [2.45, 2.75) is 26.7 Å². The van der Waals surface area contributed by atoms with Crippen LogP contribution in [0.4, 0.5) is 0 Å². The van der Waals surface area contributed by atoms with E-state index in [1.54, 1.807) is 6.92 Å². The molecule has 1 aliphatic rings. The summed E-state index contributed by atoms with van der Waals surface area (Å²) in [6.07, 6.45) is 7.94. The predicted molar refractivity (Wildman–Crippen MR) is 63.5 cm³/mol. The number of allylic oxidation sites excluding steroid dienone is 3. The lowest BCUT2D eigenvalue weighted by atomic mass is 10.0. The summed E-state index contributed by atoms with van der Waals surface area (Å²) in [5, 5.41) is 0. The molecule has 0 aromatic carbocycles. The van der Waals surface area contributed by atoms with Crippen LogP contribution in [0.15, 0.2) is 36.0 Å². The maximum absolute atomic E-state index is 11.3. The Morgan fingerprint density at radius 2 is 1.93 bits per heavy atom. The maximum atomic E-state index is 11.3. The maximum Gasteiger partial charge on any atom is 0.219 e. The lowest BCUT2D eigenvalue weighted by Crippen LogP contribution is -2.29. The topological polar surface area (TPSA) is 20.3 Å². The molecule has 0 radical (unpaired) electrons. The lowest BCUT2D eigenvalue weighted by Gasteiger charge is -2.17. The van der Waals surface area contributed by atoms with Crippen LogP contribution in [0.2, 0.25) is 0 Å². The number of hydrogen-bond acceptors (Lipinski definition) is 1. The van der Waals surface area contributed by atoms with Gasteiger partial charge in [0.15, 0.2) is 0 Å². The average Bonchev–Trinajstić information content (AvgIpc) is 2.41. The van der Waals surface area contributed by atoms with E-state index in [0.29, 0.717) is 0 Å². The normalized spacial score (nSPS) is 18.1. The van der Waals surface area contributed by atoms with Gasteiger partial charge >= 0.3 is 0 Å². The van der Waals surface area contributed by atoms with Crippen molar-refractivity contribution in [3.8, 4) is 0 Å². The molecule has 1 aliphatic heterocycles. The van der Waals surface area contributed by atoms with Gasteiger partial charge in [0.05, 0.1) is 0 Å². The van der Waals surface area contributed by atoms with Gasteiger partial charge in [-0.05, 0) is 30.9 Å². The van der Waals surface area contributed by atoms with Gasteiger partial charge in [-0.25, -0.2) is 0 Å². The Labute approximate surface area is 92.0 Å². The van der Waals surface area contributed by atoms with Gasteiger partial charge in [0.2, 0.25) is 5.91 Å². The molecule has 0 atom stereocenters.